The van der Waals surface area contributed by atoms with Gasteiger partial charge in [0.15, 0.2) is 0 Å². The zero-order valence-electron chi connectivity index (χ0n) is 10.5. The van der Waals surface area contributed by atoms with Gasteiger partial charge in [0.25, 0.3) is 19.7 Å². The third-order valence-electron chi connectivity index (χ3n) is 2.41. The van der Waals surface area contributed by atoms with E-state index < -0.39 is 35.1 Å². The number of hydrogen-bond donors (Lipinski definition) is 0. The lowest BCUT2D eigenvalue weighted by molar-refractivity contribution is 0.00374. The molecule has 0 saturated heterocycles. The lowest BCUT2D eigenvalue weighted by Gasteiger charge is -2.04. The molecule has 0 radical (unpaired) electrons. The molecule has 0 aliphatic heterocycles. The van der Waals surface area contributed by atoms with Crippen LogP contribution in [0.15, 0.2) is 30.3 Å². The fraction of sp³-hybridized carbons (Fsp3) is 0.364. The Morgan fingerprint density at radius 1 is 1.16 bits per heavy atom. The molecule has 0 fully saturated rings. The van der Waals surface area contributed by atoms with E-state index in [0.29, 0.717) is 5.56 Å². The predicted octanol–water partition coefficient (Wildman–Crippen LogP) is 1.01. The van der Waals surface area contributed by atoms with Crippen molar-refractivity contribution in [2.75, 3.05) is 0 Å². The largest absolute Gasteiger partial charge is 0.495 e. The molecule has 0 heterocycles. The molecule has 8 heteroatoms. The van der Waals surface area contributed by atoms with Gasteiger partial charge in [-0.3, -0.25) is 0 Å². The topological polar surface area (TPSA) is 105 Å². The molecule has 0 N–H and O–H groups in total. The minimum atomic E-state index is -4.22. The zero-order chi connectivity index (χ0) is 14.7. The summed E-state index contributed by atoms with van der Waals surface area (Å²) in [5, 5.41) is -0.982. The predicted molar refractivity (Wildman–Crippen MR) is 71.7 cm³/mol. The van der Waals surface area contributed by atoms with Crippen LogP contribution < -0.4 is 0 Å². The average Bonchev–Trinajstić information content (AvgIpc) is 2.29. The van der Waals surface area contributed by atoms with E-state index in [0.717, 1.165) is 0 Å². The van der Waals surface area contributed by atoms with Crippen molar-refractivity contribution in [1.82, 2.24) is 0 Å². The van der Waals surface area contributed by atoms with Crippen LogP contribution in [0.3, 0.4) is 0 Å². The average molecular weight is 302 g/mol. The van der Waals surface area contributed by atoms with Crippen molar-refractivity contribution < 1.29 is 21.6 Å². The Kier molecular flexibility index (Phi) is 4.62. The van der Waals surface area contributed by atoms with E-state index in [1.165, 1.54) is 13.8 Å². The first-order chi connectivity index (χ1) is 8.71. The van der Waals surface area contributed by atoms with Crippen LogP contribution in [0.4, 0.5) is 0 Å². The summed E-state index contributed by atoms with van der Waals surface area (Å²) in [5.41, 5.74) is 9.17. The highest BCUT2D eigenvalue weighted by molar-refractivity contribution is 8.30. The number of hydrogen-bond acceptors (Lipinski definition) is 4. The fourth-order valence-corrected chi connectivity index (χ4v) is 4.92. The molecule has 0 bridgehead atoms. The quantitative estimate of drug-likeness (QED) is 0.359. The van der Waals surface area contributed by atoms with Crippen LogP contribution in [0.2, 0.25) is 0 Å². The van der Waals surface area contributed by atoms with Crippen LogP contribution in [0.1, 0.15) is 19.4 Å². The number of nitrogens with zero attached hydrogens (tertiary/aromatic N) is 2. The second kappa shape index (κ2) is 5.64. The van der Waals surface area contributed by atoms with Gasteiger partial charge < -0.3 is 5.53 Å². The molecule has 0 amide bonds. The van der Waals surface area contributed by atoms with Gasteiger partial charge in [0.1, 0.15) is 0 Å². The van der Waals surface area contributed by atoms with Crippen molar-refractivity contribution in [1.29, 1.82) is 0 Å². The van der Waals surface area contributed by atoms with E-state index >= 15 is 0 Å². The van der Waals surface area contributed by atoms with Crippen molar-refractivity contribution in [3.05, 3.63) is 41.4 Å². The van der Waals surface area contributed by atoms with Gasteiger partial charge in [0, 0.05) is 0 Å². The van der Waals surface area contributed by atoms with Crippen LogP contribution in [-0.2, 0) is 25.4 Å². The van der Waals surface area contributed by atoms with E-state index in [9.17, 15) is 16.8 Å². The minimum Gasteiger partial charge on any atom is -0.359 e. The summed E-state index contributed by atoms with van der Waals surface area (Å²) in [5.74, 6) is -0.529. The first kappa shape index (κ1) is 15.6. The maximum Gasteiger partial charge on any atom is 0.495 e. The summed E-state index contributed by atoms with van der Waals surface area (Å²) in [6.07, 6.45) is 0. The highest BCUT2D eigenvalue weighted by Gasteiger charge is 2.43. The van der Waals surface area contributed by atoms with Gasteiger partial charge in [-0.2, -0.15) is 0 Å². The van der Waals surface area contributed by atoms with Gasteiger partial charge in [0.2, 0.25) is 0 Å². The molecule has 0 aliphatic carbocycles. The van der Waals surface area contributed by atoms with E-state index in [-0.39, 0.29) is 0 Å². The van der Waals surface area contributed by atoms with E-state index in [2.05, 4.69) is 4.79 Å². The molecule has 0 atom stereocenters. The SMILES string of the molecule is CC(C)S(=O)(=O)C(=[N+]=[N-])S(=O)(=O)Cc1ccccc1. The van der Waals surface area contributed by atoms with E-state index in [1.807, 2.05) is 0 Å². The van der Waals surface area contributed by atoms with Crippen molar-refractivity contribution in [3.8, 4) is 0 Å². The third kappa shape index (κ3) is 3.50. The van der Waals surface area contributed by atoms with E-state index in [1.54, 1.807) is 30.3 Å². The van der Waals surface area contributed by atoms with E-state index in [4.69, 9.17) is 5.53 Å². The van der Waals surface area contributed by atoms with Gasteiger partial charge in [-0.1, -0.05) is 30.3 Å². The maximum atomic E-state index is 12.0. The van der Waals surface area contributed by atoms with Gasteiger partial charge in [-0.15, -0.1) is 4.79 Å². The molecule has 0 spiro atoms. The maximum absolute atomic E-state index is 12.0. The van der Waals surface area contributed by atoms with Gasteiger partial charge >= 0.3 is 4.38 Å². The molecule has 104 valence electrons. The third-order valence-corrected chi connectivity index (χ3v) is 7.01. The number of rotatable bonds is 3. The van der Waals surface area contributed by atoms with Crippen molar-refractivity contribution in [2.45, 2.75) is 24.9 Å². The molecular weight excluding hydrogens is 288 g/mol. The van der Waals surface area contributed by atoms with Gasteiger partial charge in [0.05, 0.1) is 11.0 Å². The highest BCUT2D eigenvalue weighted by atomic mass is 32.3. The minimum absolute atomic E-state index is 0.419. The Morgan fingerprint density at radius 3 is 2.11 bits per heavy atom. The smallest absolute Gasteiger partial charge is 0.359 e. The van der Waals surface area contributed by atoms with Crippen LogP contribution in [0.5, 0.6) is 0 Å². The van der Waals surface area contributed by atoms with Crippen molar-refractivity contribution >= 4 is 24.1 Å². The Labute approximate surface area is 112 Å². The molecule has 0 unspecified atom stereocenters. The van der Waals surface area contributed by atoms with Gasteiger partial charge in [-0.05, 0) is 19.4 Å². The molecule has 6 nitrogen and oxygen atoms in total. The molecule has 0 aromatic heterocycles. The first-order valence-electron chi connectivity index (χ1n) is 5.44. The van der Waals surface area contributed by atoms with Crippen LogP contribution in [-0.4, -0.2) is 31.3 Å². The second-order valence-electron chi connectivity index (χ2n) is 4.20. The zero-order valence-corrected chi connectivity index (χ0v) is 12.1. The Balaban J connectivity index is 3.24. The molecule has 0 saturated carbocycles. The molecule has 1 aromatic rings. The summed E-state index contributed by atoms with van der Waals surface area (Å²) < 4.78 is 46.5. The Hall–Kier alpha value is -1.50. The summed E-state index contributed by atoms with van der Waals surface area (Å²) >= 11 is 0. The van der Waals surface area contributed by atoms with Crippen LogP contribution in [0, 0.1) is 0 Å². The number of sulfone groups is 2. The molecule has 1 rings (SSSR count). The summed E-state index contributed by atoms with van der Waals surface area (Å²) in [6.45, 7) is 2.64. The standard InChI is InChI=1S/C11H14N2O4S2/c1-9(2)19(16,17)11(13-12)18(14,15)8-10-6-4-3-5-7-10/h3-7,9H,8H2,1-2H3. The highest BCUT2D eigenvalue weighted by Crippen LogP contribution is 2.13. The summed E-state index contributed by atoms with van der Waals surface area (Å²) in [4.78, 5) is 2.49. The molecule has 0 aliphatic rings. The van der Waals surface area contributed by atoms with Crippen LogP contribution in [0.25, 0.3) is 5.53 Å². The van der Waals surface area contributed by atoms with Crippen molar-refractivity contribution in [3.63, 3.8) is 0 Å². The monoisotopic (exact) mass is 302 g/mol. The second-order valence-corrected chi connectivity index (χ2v) is 8.79. The Morgan fingerprint density at radius 2 is 1.68 bits per heavy atom. The van der Waals surface area contributed by atoms with Gasteiger partial charge in [-0.25, -0.2) is 16.8 Å². The number of benzene rings is 1. The fourth-order valence-electron chi connectivity index (χ4n) is 1.35. The summed E-state index contributed by atoms with van der Waals surface area (Å²) in [6, 6.07) is 8.08. The first-order valence-corrected chi connectivity index (χ1v) is 8.64. The molecular formula is C11H14N2O4S2. The Bertz CT molecular complexity index is 700. The van der Waals surface area contributed by atoms with Crippen molar-refractivity contribution in [2.24, 2.45) is 0 Å². The summed E-state index contributed by atoms with van der Waals surface area (Å²) in [7, 11) is -8.37. The molecule has 1 aromatic carbocycles. The lowest BCUT2D eigenvalue weighted by Crippen LogP contribution is -2.32. The molecule has 19 heavy (non-hydrogen) atoms. The normalized spacial score (nSPS) is 12.2. The lowest BCUT2D eigenvalue weighted by atomic mass is 10.2. The van der Waals surface area contributed by atoms with Crippen LogP contribution >= 0.6 is 0 Å².